The van der Waals surface area contributed by atoms with E-state index in [1.54, 1.807) is 6.07 Å². The number of amides is 1. The van der Waals surface area contributed by atoms with Crippen LogP contribution in [0.5, 0.6) is 5.75 Å². The van der Waals surface area contributed by atoms with E-state index >= 15 is 0 Å². The highest BCUT2D eigenvalue weighted by atomic mass is 16.4. The minimum atomic E-state index is -1.25. The fourth-order valence-corrected chi connectivity index (χ4v) is 3.04. The molecule has 0 bridgehead atoms. The third-order valence-corrected chi connectivity index (χ3v) is 4.40. The van der Waals surface area contributed by atoms with Crippen molar-refractivity contribution in [1.29, 1.82) is 0 Å². The van der Waals surface area contributed by atoms with Crippen molar-refractivity contribution >= 4 is 23.3 Å². The summed E-state index contributed by atoms with van der Waals surface area (Å²) in [6.07, 6.45) is 2.31. The van der Waals surface area contributed by atoms with Crippen molar-refractivity contribution in [2.45, 2.75) is 19.8 Å². The molecule has 0 unspecified atom stereocenters. The Morgan fingerprint density at radius 3 is 2.48 bits per heavy atom. The minimum Gasteiger partial charge on any atom is -0.507 e. The number of hydrogen-bond donors (Lipinski definition) is 3. The van der Waals surface area contributed by atoms with Gasteiger partial charge < -0.3 is 20.4 Å². The molecule has 1 aliphatic rings. The van der Waals surface area contributed by atoms with Crippen LogP contribution in [0.25, 0.3) is 0 Å². The van der Waals surface area contributed by atoms with Crippen molar-refractivity contribution in [2.24, 2.45) is 0 Å². The van der Waals surface area contributed by atoms with Crippen LogP contribution in [-0.4, -0.2) is 35.2 Å². The van der Waals surface area contributed by atoms with Crippen LogP contribution in [0.2, 0.25) is 0 Å². The largest absolute Gasteiger partial charge is 0.507 e. The second-order valence-corrected chi connectivity index (χ2v) is 6.19. The molecule has 0 spiro atoms. The number of hydrogen-bond acceptors (Lipinski definition) is 4. The molecule has 25 heavy (non-hydrogen) atoms. The molecule has 1 saturated heterocycles. The molecule has 2 aromatic rings. The molecule has 0 radical (unpaired) electrons. The van der Waals surface area contributed by atoms with E-state index in [-0.39, 0.29) is 17.2 Å². The number of benzene rings is 2. The highest BCUT2D eigenvalue weighted by molar-refractivity contribution is 6.05. The summed E-state index contributed by atoms with van der Waals surface area (Å²) in [4.78, 5) is 25.9. The van der Waals surface area contributed by atoms with Gasteiger partial charge in [0.2, 0.25) is 0 Å². The van der Waals surface area contributed by atoms with Crippen molar-refractivity contribution in [1.82, 2.24) is 0 Å². The highest BCUT2D eigenvalue weighted by Gasteiger charge is 2.17. The average molecular weight is 340 g/mol. The quantitative estimate of drug-likeness (QED) is 0.743. The van der Waals surface area contributed by atoms with Crippen LogP contribution in [-0.2, 0) is 0 Å². The summed E-state index contributed by atoms with van der Waals surface area (Å²) in [5.41, 5.74) is 2.76. The van der Waals surface area contributed by atoms with Crippen molar-refractivity contribution in [3.05, 3.63) is 53.1 Å². The number of anilines is 2. The molecule has 0 saturated carbocycles. The van der Waals surface area contributed by atoms with Crippen LogP contribution in [0.1, 0.15) is 39.1 Å². The summed E-state index contributed by atoms with van der Waals surface area (Å²) in [6.45, 7) is 4.01. The maximum Gasteiger partial charge on any atom is 0.339 e. The Morgan fingerprint density at radius 2 is 1.80 bits per heavy atom. The lowest BCUT2D eigenvalue weighted by atomic mass is 10.1. The smallest absolute Gasteiger partial charge is 0.339 e. The number of nitrogens with zero attached hydrogens (tertiary/aromatic N) is 1. The van der Waals surface area contributed by atoms with Gasteiger partial charge in [-0.15, -0.1) is 0 Å². The van der Waals surface area contributed by atoms with Crippen molar-refractivity contribution in [2.75, 3.05) is 23.3 Å². The zero-order chi connectivity index (χ0) is 18.0. The second kappa shape index (κ2) is 6.84. The van der Waals surface area contributed by atoms with Gasteiger partial charge in [-0.3, -0.25) is 4.79 Å². The summed E-state index contributed by atoms with van der Waals surface area (Å²) in [7, 11) is 0. The summed E-state index contributed by atoms with van der Waals surface area (Å²) < 4.78 is 0. The van der Waals surface area contributed by atoms with E-state index in [0.717, 1.165) is 37.2 Å². The summed E-state index contributed by atoms with van der Waals surface area (Å²) >= 11 is 0. The number of nitrogens with one attached hydrogen (secondary N) is 1. The molecule has 0 aliphatic carbocycles. The van der Waals surface area contributed by atoms with Crippen LogP contribution in [0.4, 0.5) is 11.4 Å². The van der Waals surface area contributed by atoms with Crippen molar-refractivity contribution in [3.8, 4) is 5.75 Å². The lowest BCUT2D eigenvalue weighted by Crippen LogP contribution is -2.20. The normalized spacial score (nSPS) is 13.7. The van der Waals surface area contributed by atoms with E-state index in [1.807, 2.05) is 19.1 Å². The van der Waals surface area contributed by atoms with Gasteiger partial charge in [0.05, 0.1) is 0 Å². The lowest BCUT2D eigenvalue weighted by molar-refractivity contribution is 0.0693. The van der Waals surface area contributed by atoms with Crippen LogP contribution >= 0.6 is 0 Å². The highest BCUT2D eigenvalue weighted by Crippen LogP contribution is 2.26. The Labute approximate surface area is 145 Å². The number of aryl methyl sites for hydroxylation is 1. The zero-order valence-corrected chi connectivity index (χ0v) is 14.0. The zero-order valence-electron chi connectivity index (χ0n) is 14.0. The Morgan fingerprint density at radius 1 is 1.08 bits per heavy atom. The minimum absolute atomic E-state index is 0.250. The van der Waals surface area contributed by atoms with Crippen molar-refractivity contribution < 1.29 is 19.8 Å². The molecule has 2 aromatic carbocycles. The predicted octanol–water partition coefficient (Wildman–Crippen LogP) is 3.25. The maximum atomic E-state index is 12.5. The fraction of sp³-hybridized carbons (Fsp3) is 0.263. The van der Waals surface area contributed by atoms with E-state index in [9.17, 15) is 14.7 Å². The average Bonchev–Trinajstić information content (AvgIpc) is 3.11. The molecule has 1 aliphatic heterocycles. The Bertz CT molecular complexity index is 826. The standard InChI is InChI=1S/C19H20N2O4/c1-12-4-5-13(10-16(12)21-8-2-3-9-21)18(23)20-14-6-7-17(22)15(11-14)19(24)25/h4-7,10-11,22H,2-3,8-9H2,1H3,(H,20,23)(H,24,25). The van der Waals surface area contributed by atoms with Gasteiger partial charge >= 0.3 is 5.97 Å². The molecule has 130 valence electrons. The first-order chi connectivity index (χ1) is 12.0. The van der Waals surface area contributed by atoms with Crippen LogP contribution in [0.15, 0.2) is 36.4 Å². The molecule has 0 atom stereocenters. The molecule has 1 heterocycles. The number of aromatic carboxylic acids is 1. The first kappa shape index (κ1) is 16.8. The predicted molar refractivity (Wildman–Crippen MR) is 95.6 cm³/mol. The summed E-state index contributed by atoms with van der Waals surface area (Å²) in [5.74, 6) is -1.90. The monoisotopic (exact) mass is 340 g/mol. The summed E-state index contributed by atoms with van der Waals surface area (Å²) in [5, 5.41) is 21.3. The SMILES string of the molecule is Cc1ccc(C(=O)Nc2ccc(O)c(C(=O)O)c2)cc1N1CCCC1. The van der Waals surface area contributed by atoms with E-state index in [1.165, 1.54) is 18.2 Å². The fourth-order valence-electron chi connectivity index (χ4n) is 3.04. The number of carbonyl (C=O) groups is 2. The van der Waals surface area contributed by atoms with Gasteiger partial charge in [0.15, 0.2) is 0 Å². The molecular weight excluding hydrogens is 320 g/mol. The Kier molecular flexibility index (Phi) is 4.61. The van der Waals surface area contributed by atoms with Crippen LogP contribution < -0.4 is 10.2 Å². The molecule has 3 N–H and O–H groups in total. The molecule has 3 rings (SSSR count). The third kappa shape index (κ3) is 3.57. The number of carboxylic acid groups (broad SMARTS) is 1. The van der Waals surface area contributed by atoms with Crippen LogP contribution in [0, 0.1) is 6.92 Å². The molecule has 6 nitrogen and oxygen atoms in total. The Balaban J connectivity index is 1.83. The topological polar surface area (TPSA) is 89.9 Å². The van der Waals surface area contributed by atoms with E-state index in [4.69, 9.17) is 5.11 Å². The second-order valence-electron chi connectivity index (χ2n) is 6.19. The van der Waals surface area contributed by atoms with Gasteiger partial charge in [0.1, 0.15) is 11.3 Å². The van der Waals surface area contributed by atoms with Gasteiger partial charge in [-0.25, -0.2) is 4.79 Å². The Hall–Kier alpha value is -3.02. The number of carbonyl (C=O) groups excluding carboxylic acids is 1. The van der Waals surface area contributed by atoms with Gasteiger partial charge in [0.25, 0.3) is 5.91 Å². The molecule has 0 aromatic heterocycles. The first-order valence-corrected chi connectivity index (χ1v) is 8.19. The van der Waals surface area contributed by atoms with E-state index < -0.39 is 5.97 Å². The molecule has 1 fully saturated rings. The van der Waals surface area contributed by atoms with E-state index in [0.29, 0.717) is 11.3 Å². The van der Waals surface area contributed by atoms with Gasteiger partial charge in [-0.1, -0.05) is 6.07 Å². The number of carboxylic acids is 1. The van der Waals surface area contributed by atoms with Gasteiger partial charge in [0, 0.05) is 30.0 Å². The first-order valence-electron chi connectivity index (χ1n) is 8.19. The lowest BCUT2D eigenvalue weighted by Gasteiger charge is -2.21. The van der Waals surface area contributed by atoms with Gasteiger partial charge in [-0.05, 0) is 55.7 Å². The number of phenols is 1. The third-order valence-electron chi connectivity index (χ3n) is 4.40. The number of aromatic hydroxyl groups is 1. The molecule has 6 heteroatoms. The molecule has 1 amide bonds. The summed E-state index contributed by atoms with van der Waals surface area (Å²) in [6, 6.07) is 9.50. The van der Waals surface area contributed by atoms with E-state index in [2.05, 4.69) is 10.2 Å². The molecular formula is C19H20N2O4. The van der Waals surface area contributed by atoms with Gasteiger partial charge in [-0.2, -0.15) is 0 Å². The van der Waals surface area contributed by atoms with Crippen molar-refractivity contribution in [3.63, 3.8) is 0 Å². The maximum absolute atomic E-state index is 12.5. The number of rotatable bonds is 4. The van der Waals surface area contributed by atoms with Crippen LogP contribution in [0.3, 0.4) is 0 Å².